The van der Waals surface area contributed by atoms with Gasteiger partial charge >= 0.3 is 0 Å². The summed E-state index contributed by atoms with van der Waals surface area (Å²) in [5, 5.41) is 0.883. The van der Waals surface area contributed by atoms with E-state index >= 15 is 0 Å². The van der Waals surface area contributed by atoms with Gasteiger partial charge < -0.3 is 4.98 Å². The summed E-state index contributed by atoms with van der Waals surface area (Å²) in [5.41, 5.74) is 1.79. The molecule has 0 aliphatic heterocycles. The predicted octanol–water partition coefficient (Wildman–Crippen LogP) is 1.90. The molecule has 1 aromatic heterocycles. The van der Waals surface area contributed by atoms with E-state index in [0.717, 1.165) is 22.9 Å². The van der Waals surface area contributed by atoms with Crippen molar-refractivity contribution in [1.29, 1.82) is 0 Å². The van der Waals surface area contributed by atoms with Gasteiger partial charge in [0, 0.05) is 5.52 Å². The molecule has 2 rings (SSSR count). The maximum absolute atomic E-state index is 11.4. The minimum atomic E-state index is -0.328. The van der Waals surface area contributed by atoms with Crippen molar-refractivity contribution in [3.8, 4) is 0 Å². The molecule has 1 heterocycles. The molecule has 76 valence electrons. The fourth-order valence-corrected chi connectivity index (χ4v) is 1.57. The van der Waals surface area contributed by atoms with E-state index in [-0.39, 0.29) is 11.1 Å². The summed E-state index contributed by atoms with van der Waals surface area (Å²) in [6.07, 6.45) is 1.50. The lowest BCUT2D eigenvalue weighted by atomic mass is 10.1. The molecule has 3 heteroatoms. The van der Waals surface area contributed by atoms with Crippen LogP contribution in [0.25, 0.3) is 10.9 Å². The van der Waals surface area contributed by atoms with Crippen molar-refractivity contribution in [2.24, 2.45) is 0 Å². The van der Waals surface area contributed by atoms with E-state index in [1.807, 2.05) is 18.2 Å². The van der Waals surface area contributed by atoms with Gasteiger partial charge in [-0.1, -0.05) is 19.1 Å². The fourth-order valence-electron chi connectivity index (χ4n) is 1.57. The monoisotopic (exact) mass is 201 g/mol. The molecular formula is C12H11NO2. The molecule has 0 bridgehead atoms. The average Bonchev–Trinajstić information content (AvgIpc) is 2.27. The minimum Gasteiger partial charge on any atom is -0.321 e. The van der Waals surface area contributed by atoms with Gasteiger partial charge in [-0.25, -0.2) is 0 Å². The molecule has 3 nitrogen and oxygen atoms in total. The van der Waals surface area contributed by atoms with Gasteiger partial charge in [-0.3, -0.25) is 9.59 Å². The Morgan fingerprint density at radius 1 is 1.33 bits per heavy atom. The molecule has 0 saturated carbocycles. The Bertz CT molecular complexity index is 569. The standard InChI is InChI=1S/C12H11NO2/c1-2-8-3-4-9-6-10(7-14)12(15)13-11(9)5-8/h3-7H,2H2,1H3,(H,13,15). The van der Waals surface area contributed by atoms with E-state index < -0.39 is 0 Å². The maximum Gasteiger partial charge on any atom is 0.259 e. The first-order valence-corrected chi connectivity index (χ1v) is 4.85. The number of rotatable bonds is 2. The number of H-pyrrole nitrogens is 1. The second-order valence-corrected chi connectivity index (χ2v) is 3.45. The maximum atomic E-state index is 11.4. The van der Waals surface area contributed by atoms with Gasteiger partial charge in [0.05, 0.1) is 5.56 Å². The Hall–Kier alpha value is -1.90. The van der Waals surface area contributed by atoms with Crippen molar-refractivity contribution in [2.75, 3.05) is 0 Å². The molecule has 15 heavy (non-hydrogen) atoms. The van der Waals surface area contributed by atoms with Crippen LogP contribution in [0.5, 0.6) is 0 Å². The first kappa shape index (κ1) is 9.65. The number of benzene rings is 1. The van der Waals surface area contributed by atoms with Gasteiger partial charge in [0.15, 0.2) is 6.29 Å². The first-order chi connectivity index (χ1) is 7.24. The molecule has 0 aliphatic carbocycles. The van der Waals surface area contributed by atoms with E-state index in [9.17, 15) is 9.59 Å². The molecule has 2 aromatic rings. The molecule has 0 amide bonds. The summed E-state index contributed by atoms with van der Waals surface area (Å²) in [5.74, 6) is 0. The highest BCUT2D eigenvalue weighted by molar-refractivity contribution is 5.85. The molecule has 0 fully saturated rings. The summed E-state index contributed by atoms with van der Waals surface area (Å²) in [6.45, 7) is 2.05. The van der Waals surface area contributed by atoms with Crippen LogP contribution < -0.4 is 5.56 Å². The summed E-state index contributed by atoms with van der Waals surface area (Å²) in [7, 11) is 0. The zero-order chi connectivity index (χ0) is 10.8. The molecule has 0 atom stereocenters. The number of hydrogen-bond donors (Lipinski definition) is 1. The van der Waals surface area contributed by atoms with Gasteiger partial charge in [-0.15, -0.1) is 0 Å². The highest BCUT2D eigenvalue weighted by Gasteiger charge is 2.01. The molecule has 0 spiro atoms. The number of carbonyl (C=O) groups excluding carboxylic acids is 1. The van der Waals surface area contributed by atoms with Crippen molar-refractivity contribution in [3.63, 3.8) is 0 Å². The van der Waals surface area contributed by atoms with Crippen LogP contribution in [0.1, 0.15) is 22.8 Å². The molecule has 0 aliphatic rings. The number of hydrogen-bond acceptors (Lipinski definition) is 2. The van der Waals surface area contributed by atoms with E-state index in [1.165, 1.54) is 0 Å². The third kappa shape index (κ3) is 1.68. The van der Waals surface area contributed by atoms with Gasteiger partial charge in [0.2, 0.25) is 0 Å². The van der Waals surface area contributed by atoms with Crippen LogP contribution in [0.4, 0.5) is 0 Å². The summed E-state index contributed by atoms with van der Waals surface area (Å²) in [4.78, 5) is 24.6. The highest BCUT2D eigenvalue weighted by atomic mass is 16.1. The van der Waals surface area contributed by atoms with Gasteiger partial charge in [0.25, 0.3) is 5.56 Å². The predicted molar refractivity (Wildman–Crippen MR) is 59.3 cm³/mol. The number of pyridine rings is 1. The van der Waals surface area contributed by atoms with Crippen LogP contribution >= 0.6 is 0 Å². The lowest BCUT2D eigenvalue weighted by Gasteiger charge is -2.01. The Morgan fingerprint density at radius 2 is 2.13 bits per heavy atom. The second-order valence-electron chi connectivity index (χ2n) is 3.45. The van der Waals surface area contributed by atoms with Gasteiger partial charge in [-0.2, -0.15) is 0 Å². The molecule has 1 N–H and O–H groups in total. The number of carbonyl (C=O) groups is 1. The van der Waals surface area contributed by atoms with E-state index in [2.05, 4.69) is 11.9 Å². The van der Waals surface area contributed by atoms with Crippen LogP contribution in [0, 0.1) is 0 Å². The molecule has 1 aromatic carbocycles. The van der Waals surface area contributed by atoms with Crippen molar-refractivity contribution >= 4 is 17.2 Å². The first-order valence-electron chi connectivity index (χ1n) is 4.85. The molecular weight excluding hydrogens is 190 g/mol. The third-order valence-corrected chi connectivity index (χ3v) is 2.47. The Morgan fingerprint density at radius 3 is 2.80 bits per heavy atom. The largest absolute Gasteiger partial charge is 0.321 e. The normalized spacial score (nSPS) is 10.5. The number of nitrogens with one attached hydrogen (secondary N) is 1. The lowest BCUT2D eigenvalue weighted by molar-refractivity contribution is 0.112. The Labute approximate surface area is 86.8 Å². The zero-order valence-electron chi connectivity index (χ0n) is 8.41. The SMILES string of the molecule is CCc1ccc2cc(C=O)c(=O)[nH]c2c1. The number of aryl methyl sites for hydroxylation is 1. The Balaban J connectivity index is 2.75. The van der Waals surface area contributed by atoms with Crippen LogP contribution in [0.15, 0.2) is 29.1 Å². The number of aldehydes is 1. The lowest BCUT2D eigenvalue weighted by Crippen LogP contribution is -2.11. The van der Waals surface area contributed by atoms with Crippen molar-refractivity contribution < 1.29 is 4.79 Å². The third-order valence-electron chi connectivity index (χ3n) is 2.47. The smallest absolute Gasteiger partial charge is 0.259 e. The quantitative estimate of drug-likeness (QED) is 0.754. The van der Waals surface area contributed by atoms with Crippen molar-refractivity contribution in [3.05, 3.63) is 45.7 Å². The Kier molecular flexibility index (Phi) is 2.37. The number of fused-ring (bicyclic) bond motifs is 1. The van der Waals surface area contributed by atoms with Gasteiger partial charge in [0.1, 0.15) is 0 Å². The van der Waals surface area contributed by atoms with Gasteiger partial charge in [-0.05, 0) is 29.5 Å². The number of aromatic nitrogens is 1. The van der Waals surface area contributed by atoms with E-state index in [4.69, 9.17) is 0 Å². The van der Waals surface area contributed by atoms with Crippen LogP contribution in [0.2, 0.25) is 0 Å². The summed E-state index contributed by atoms with van der Waals surface area (Å²) < 4.78 is 0. The topological polar surface area (TPSA) is 49.9 Å². The highest BCUT2D eigenvalue weighted by Crippen LogP contribution is 2.13. The van der Waals surface area contributed by atoms with Crippen LogP contribution in [-0.2, 0) is 6.42 Å². The minimum absolute atomic E-state index is 0.173. The molecule has 0 unspecified atom stereocenters. The van der Waals surface area contributed by atoms with Crippen LogP contribution in [-0.4, -0.2) is 11.3 Å². The van der Waals surface area contributed by atoms with Crippen molar-refractivity contribution in [2.45, 2.75) is 13.3 Å². The summed E-state index contributed by atoms with van der Waals surface area (Å²) in [6, 6.07) is 7.46. The zero-order valence-corrected chi connectivity index (χ0v) is 8.41. The fraction of sp³-hybridized carbons (Fsp3) is 0.167. The van der Waals surface area contributed by atoms with Crippen LogP contribution in [0.3, 0.4) is 0 Å². The van der Waals surface area contributed by atoms with E-state index in [1.54, 1.807) is 6.07 Å². The second kappa shape index (κ2) is 3.69. The van der Waals surface area contributed by atoms with E-state index in [0.29, 0.717) is 6.29 Å². The molecule has 0 saturated heterocycles. The van der Waals surface area contributed by atoms with Crippen molar-refractivity contribution in [1.82, 2.24) is 4.98 Å². The number of aromatic amines is 1. The average molecular weight is 201 g/mol. The molecule has 0 radical (unpaired) electrons. The summed E-state index contributed by atoms with van der Waals surface area (Å²) >= 11 is 0.